The summed E-state index contributed by atoms with van der Waals surface area (Å²) in [6.45, 7) is 6.65. The highest BCUT2D eigenvalue weighted by Crippen LogP contribution is 2.23. The quantitative estimate of drug-likeness (QED) is 0.212. The Bertz CT molecular complexity index is 1370. The largest absolute Gasteiger partial charge is 0.542 e. The molecule has 3 aromatic rings. The highest BCUT2D eigenvalue weighted by Gasteiger charge is 2.29. The van der Waals surface area contributed by atoms with Crippen LogP contribution in [-0.4, -0.2) is 45.0 Å². The summed E-state index contributed by atoms with van der Waals surface area (Å²) in [6, 6.07) is 14.8. The smallest absolute Gasteiger partial charge is 0.430 e. The van der Waals surface area contributed by atoms with Crippen LogP contribution < -0.4 is 40.5 Å². The maximum absolute atomic E-state index is 13.0. The monoisotopic (exact) mass is 691 g/mol. The van der Waals surface area contributed by atoms with Crippen molar-refractivity contribution in [3.8, 4) is 17.2 Å². The minimum atomic E-state index is -5.19. The van der Waals surface area contributed by atoms with Crippen molar-refractivity contribution in [1.82, 2.24) is 0 Å². The van der Waals surface area contributed by atoms with Crippen LogP contribution in [-0.2, 0) is 4.79 Å². The number of halogens is 5. The number of methoxy groups -OCH3 is 3. The van der Waals surface area contributed by atoms with Crippen molar-refractivity contribution in [2.45, 2.75) is 33.9 Å². The molecule has 0 unspecified atom stereocenters. The van der Waals surface area contributed by atoms with Gasteiger partial charge in [-0.1, -0.05) is 0 Å². The fourth-order valence-corrected chi connectivity index (χ4v) is 5.48. The van der Waals surface area contributed by atoms with Crippen LogP contribution in [0.15, 0.2) is 48.5 Å². The average molecular weight is 691 g/mol. The van der Waals surface area contributed by atoms with Gasteiger partial charge in [-0.3, -0.25) is 9.59 Å². The highest BCUT2D eigenvalue weighted by atomic mass is 127. The van der Waals surface area contributed by atoms with Crippen LogP contribution in [0.5, 0.6) is 17.2 Å². The van der Waals surface area contributed by atoms with E-state index < -0.39 is 12.1 Å². The molecule has 0 spiro atoms. The normalized spacial score (nSPS) is 10.3. The lowest BCUT2D eigenvalue weighted by Gasteiger charge is -2.07. The van der Waals surface area contributed by atoms with Gasteiger partial charge in [0, 0.05) is 17.7 Å². The molecule has 0 aliphatic heterocycles. The molecule has 3 rings (SSSR count). The van der Waals surface area contributed by atoms with E-state index in [0.717, 1.165) is 11.3 Å². The Morgan fingerprint density at radius 3 is 1.59 bits per heavy atom. The van der Waals surface area contributed by atoms with E-state index in [1.54, 1.807) is 28.1 Å². The third-order valence-electron chi connectivity index (χ3n) is 5.21. The predicted molar refractivity (Wildman–Crippen MR) is 137 cm³/mol. The second-order valence-electron chi connectivity index (χ2n) is 8.25. The molecule has 222 valence electrons. The molecule has 0 aliphatic rings. The van der Waals surface area contributed by atoms with Crippen LogP contribution in [0.2, 0.25) is 0 Å². The number of alkyl halides is 3. The van der Waals surface area contributed by atoms with Gasteiger partial charge in [0.15, 0.2) is 15.1 Å². The molecule has 0 saturated carbocycles. The second kappa shape index (κ2) is 15.9. The van der Waals surface area contributed by atoms with Gasteiger partial charge in [0.05, 0.1) is 32.5 Å². The zero-order valence-corrected chi connectivity index (χ0v) is 25.5. The molecule has 0 saturated heterocycles. The number of aryl methyl sites for hydroxylation is 2. The lowest BCUT2D eigenvalue weighted by atomic mass is 10.1. The van der Waals surface area contributed by atoms with E-state index in [0.29, 0.717) is 22.4 Å². The van der Waals surface area contributed by atoms with E-state index in [2.05, 4.69) is 12.1 Å². The van der Waals surface area contributed by atoms with Gasteiger partial charge >= 0.3 is 27.4 Å². The summed E-state index contributed by atoms with van der Waals surface area (Å²) in [7, 11) is 4.68. The van der Waals surface area contributed by atoms with Gasteiger partial charge in [-0.2, -0.15) is 13.2 Å². The van der Waals surface area contributed by atoms with Crippen molar-refractivity contribution < 1.29 is 72.5 Å². The number of benzene rings is 3. The van der Waals surface area contributed by atoms with Crippen LogP contribution in [0, 0.1) is 26.8 Å². The molecule has 41 heavy (non-hydrogen) atoms. The number of hydrogen-bond donors (Lipinski definition) is 0. The van der Waals surface area contributed by atoms with E-state index >= 15 is 0 Å². The maximum Gasteiger partial charge on any atom is 0.430 e. The first-order valence-corrected chi connectivity index (χ1v) is 13.8. The van der Waals surface area contributed by atoms with Gasteiger partial charge in [-0.05, 0) is 69.7 Å². The molecule has 7 nitrogen and oxygen atoms in total. The number of carboxylic acid groups (broad SMARTS) is 1. The van der Waals surface area contributed by atoms with Crippen molar-refractivity contribution in [2.24, 2.45) is 0 Å². The first-order valence-electron chi connectivity index (χ1n) is 11.7. The molecule has 0 amide bonds. The zero-order valence-electron chi connectivity index (χ0n) is 23.4. The Labute approximate surface area is 245 Å². The number of ketones is 2. The fourth-order valence-electron chi connectivity index (χ4n) is 3.07. The topological polar surface area (TPSA) is 102 Å². The lowest BCUT2D eigenvalue weighted by Crippen LogP contribution is -3.61. The van der Waals surface area contributed by atoms with Crippen molar-refractivity contribution in [3.63, 3.8) is 0 Å². The molecule has 0 atom stereocenters. The molecule has 0 aromatic heterocycles. The number of ether oxygens (including phenoxy) is 3. The number of Topliss-reactive ketones (excluding diaryl/α,β-unsaturated/α-hetero) is 2. The summed E-state index contributed by atoms with van der Waals surface area (Å²) >= 11 is -0.313. The van der Waals surface area contributed by atoms with Crippen molar-refractivity contribution in [3.05, 3.63) is 83.7 Å². The Hall–Kier alpha value is -3.68. The fraction of sp³-hybridized carbons (Fsp3) is 0.276. The van der Waals surface area contributed by atoms with Crippen molar-refractivity contribution in [2.75, 3.05) is 21.3 Å². The summed E-state index contributed by atoms with van der Waals surface area (Å²) in [5, 5.41) is 8.78. The van der Waals surface area contributed by atoms with Gasteiger partial charge in [-0.25, -0.2) is 4.39 Å². The average Bonchev–Trinajstić information content (AvgIpc) is 2.91. The number of carbonyl (C=O) groups excluding carboxylic acids is 3. The Morgan fingerprint density at radius 1 is 0.756 bits per heavy atom. The highest BCUT2D eigenvalue weighted by molar-refractivity contribution is 5.97. The Balaban J connectivity index is 0.000000357. The molecule has 0 aliphatic carbocycles. The number of rotatable bonds is 7. The van der Waals surface area contributed by atoms with E-state index in [9.17, 15) is 27.2 Å². The van der Waals surface area contributed by atoms with E-state index in [-0.39, 0.29) is 44.3 Å². The molecule has 12 heteroatoms. The van der Waals surface area contributed by atoms with Crippen LogP contribution in [0.3, 0.4) is 0 Å². The summed E-state index contributed by atoms with van der Waals surface area (Å²) in [6.07, 6.45) is -5.19. The third kappa shape index (κ3) is 11.0. The first-order chi connectivity index (χ1) is 19.0. The van der Waals surface area contributed by atoms with Gasteiger partial charge in [0.1, 0.15) is 29.0 Å². The summed E-state index contributed by atoms with van der Waals surface area (Å²) < 4.78 is 62.5. The number of hydrogen-bond acceptors (Lipinski definition) is 7. The lowest BCUT2D eigenvalue weighted by molar-refractivity contribution is -0.598. The third-order valence-corrected chi connectivity index (χ3v) is 8.30. The SMILES string of the molecule is COc1cc([18F])c(C)cc1C(C)=O.COc1ccc([I+]c2cc(OC)c(C(C)=O)cc2C)cc1.O=C([O-])C(F)(F)F. The van der Waals surface area contributed by atoms with Gasteiger partial charge in [0.2, 0.25) is 3.57 Å². The molecular weight excluding hydrogens is 662 g/mol. The van der Waals surface area contributed by atoms with Crippen LogP contribution in [0.4, 0.5) is 17.6 Å². The first kappa shape index (κ1) is 35.3. The maximum atomic E-state index is 13.0. The summed E-state index contributed by atoms with van der Waals surface area (Å²) in [4.78, 5) is 31.5. The molecule has 0 fully saturated rings. The van der Waals surface area contributed by atoms with E-state index in [1.165, 1.54) is 33.3 Å². The van der Waals surface area contributed by atoms with E-state index in [4.69, 9.17) is 24.1 Å². The van der Waals surface area contributed by atoms with Gasteiger partial charge < -0.3 is 24.1 Å². The molecule has 0 N–H and O–H groups in total. The minimum absolute atomic E-state index is 0.0316. The van der Waals surface area contributed by atoms with Crippen LogP contribution in [0.25, 0.3) is 0 Å². The molecule has 3 aromatic carbocycles. The summed E-state index contributed by atoms with van der Waals surface area (Å²) in [5.74, 6) is -1.64. The molecule has 0 bridgehead atoms. The second-order valence-corrected chi connectivity index (χ2v) is 11.2. The number of carbonyl (C=O) groups is 3. The minimum Gasteiger partial charge on any atom is -0.542 e. The summed E-state index contributed by atoms with van der Waals surface area (Å²) in [5.41, 5.74) is 2.66. The molecule has 0 radical (unpaired) electrons. The van der Waals surface area contributed by atoms with Gasteiger partial charge in [-0.15, -0.1) is 0 Å². The molecular formula is C29H29F4IO7. The number of aliphatic carboxylic acids is 1. The Kier molecular flexibility index (Phi) is 13.7. The molecule has 0 heterocycles. The zero-order chi connectivity index (χ0) is 31.5. The van der Waals surface area contributed by atoms with Crippen LogP contribution >= 0.6 is 0 Å². The standard InChI is InChI=1S/C17H18IO3.C10H11FO2.C2HF3O2/c1-11-9-15(12(2)19)17(21-4)10-16(11)18-13-5-7-14(20-3)8-6-13;1-6-4-8(7(2)12)10(13-3)5-9(6)11;3-2(4,5)1(6)7/h5-10H,1-4H3;4-5H,1-3H3;(H,6,7)/q+1;;/p-1/i;11-1;. The number of carboxylic acids is 1. The predicted octanol–water partition coefficient (Wildman–Crippen LogP) is 1.99. The Morgan fingerprint density at radius 2 is 1.20 bits per heavy atom. The van der Waals surface area contributed by atoms with E-state index in [1.807, 2.05) is 31.2 Å². The van der Waals surface area contributed by atoms with Crippen molar-refractivity contribution in [1.29, 1.82) is 0 Å². The van der Waals surface area contributed by atoms with Crippen molar-refractivity contribution >= 4 is 17.5 Å². The van der Waals surface area contributed by atoms with Gasteiger partial charge in [0.25, 0.3) is 0 Å². The van der Waals surface area contributed by atoms with Crippen LogP contribution in [0.1, 0.15) is 45.7 Å².